The molecule has 0 amide bonds. The predicted molar refractivity (Wildman–Crippen MR) is 111 cm³/mol. The van der Waals surface area contributed by atoms with E-state index in [0.717, 1.165) is 21.8 Å². The summed E-state index contributed by atoms with van der Waals surface area (Å²) in [6.45, 7) is 3.67. The Labute approximate surface area is 172 Å². The van der Waals surface area contributed by atoms with Crippen molar-refractivity contribution in [3.8, 4) is 17.5 Å². The number of ether oxygens (including phenoxy) is 4. The number of aromatic nitrogens is 3. The monoisotopic (exact) mass is 407 g/mol. The minimum atomic E-state index is -0.820. The van der Waals surface area contributed by atoms with E-state index in [1.54, 1.807) is 39.4 Å². The molecule has 4 aromatic rings. The van der Waals surface area contributed by atoms with Crippen molar-refractivity contribution in [1.29, 1.82) is 0 Å². The largest absolute Gasteiger partial charge is 0.515 e. The van der Waals surface area contributed by atoms with Gasteiger partial charge in [0.15, 0.2) is 0 Å². The summed E-state index contributed by atoms with van der Waals surface area (Å²) in [5.74, 6) is 1.21. The molecule has 0 aliphatic carbocycles. The Bertz CT molecular complexity index is 1190. The van der Waals surface area contributed by atoms with Crippen LogP contribution in [0.1, 0.15) is 19.4 Å². The molecular weight excluding hydrogens is 386 g/mol. The quantitative estimate of drug-likeness (QED) is 0.451. The van der Waals surface area contributed by atoms with Crippen molar-refractivity contribution in [1.82, 2.24) is 15.0 Å². The molecule has 0 saturated heterocycles. The molecule has 0 atom stereocenters. The standard InChI is InChI=1S/C22H21N3O5/c1-13(2)28-22(26)30-21-14(12-27-3)19-16(11-24-21)25-15-7-6-8-17(20(15)19)29-18-9-4-5-10-23-18/h4-11,13,25H,12H2,1-3H3. The van der Waals surface area contributed by atoms with Gasteiger partial charge in [0.05, 0.1) is 40.9 Å². The molecule has 154 valence electrons. The van der Waals surface area contributed by atoms with E-state index in [9.17, 15) is 4.79 Å². The molecule has 0 saturated carbocycles. The van der Waals surface area contributed by atoms with Crippen molar-refractivity contribution >= 4 is 28.0 Å². The van der Waals surface area contributed by atoms with E-state index in [2.05, 4.69) is 15.0 Å². The molecule has 0 radical (unpaired) electrons. The number of aromatic amines is 1. The van der Waals surface area contributed by atoms with Crippen LogP contribution in [0.25, 0.3) is 21.8 Å². The first-order chi connectivity index (χ1) is 14.6. The Morgan fingerprint density at radius 3 is 2.67 bits per heavy atom. The molecule has 3 aromatic heterocycles. The van der Waals surface area contributed by atoms with E-state index in [1.807, 2.05) is 30.3 Å². The lowest BCUT2D eigenvalue weighted by Crippen LogP contribution is -2.17. The second-order valence-corrected chi connectivity index (χ2v) is 6.86. The highest BCUT2D eigenvalue weighted by Crippen LogP contribution is 2.39. The lowest BCUT2D eigenvalue weighted by molar-refractivity contribution is 0.0705. The van der Waals surface area contributed by atoms with Gasteiger partial charge in [0.25, 0.3) is 0 Å². The SMILES string of the molecule is COCc1c(OC(=O)OC(C)C)ncc2[nH]c3cccc(Oc4ccccn4)c3c12. The van der Waals surface area contributed by atoms with E-state index in [4.69, 9.17) is 18.9 Å². The maximum Gasteiger partial charge on any atom is 0.515 e. The Hall–Kier alpha value is -3.65. The van der Waals surface area contributed by atoms with Crippen LogP contribution >= 0.6 is 0 Å². The predicted octanol–water partition coefficient (Wildman–Crippen LogP) is 4.97. The number of methoxy groups -OCH3 is 1. The van der Waals surface area contributed by atoms with Crippen molar-refractivity contribution in [2.75, 3.05) is 7.11 Å². The average molecular weight is 407 g/mol. The van der Waals surface area contributed by atoms with Crippen LogP contribution < -0.4 is 9.47 Å². The highest BCUT2D eigenvalue weighted by atomic mass is 16.7. The van der Waals surface area contributed by atoms with Crippen LogP contribution in [0.5, 0.6) is 17.5 Å². The molecule has 0 aliphatic heterocycles. The third-order valence-electron chi connectivity index (χ3n) is 4.34. The van der Waals surface area contributed by atoms with Crippen LogP contribution in [-0.4, -0.2) is 34.3 Å². The van der Waals surface area contributed by atoms with Gasteiger partial charge in [-0.05, 0) is 32.0 Å². The van der Waals surface area contributed by atoms with Gasteiger partial charge in [0.2, 0.25) is 11.8 Å². The minimum absolute atomic E-state index is 0.128. The maximum atomic E-state index is 12.1. The first-order valence-corrected chi connectivity index (χ1v) is 9.45. The van der Waals surface area contributed by atoms with E-state index in [-0.39, 0.29) is 18.6 Å². The van der Waals surface area contributed by atoms with Gasteiger partial charge in [0, 0.05) is 24.8 Å². The van der Waals surface area contributed by atoms with Crippen LogP contribution in [0.3, 0.4) is 0 Å². The van der Waals surface area contributed by atoms with Crippen molar-refractivity contribution in [2.24, 2.45) is 0 Å². The number of benzene rings is 1. The number of hydrogen-bond donors (Lipinski definition) is 1. The van der Waals surface area contributed by atoms with E-state index < -0.39 is 6.16 Å². The molecular formula is C22H21N3O5. The molecule has 0 spiro atoms. The van der Waals surface area contributed by atoms with Crippen LogP contribution in [0.2, 0.25) is 0 Å². The third kappa shape index (κ3) is 3.90. The first-order valence-electron chi connectivity index (χ1n) is 9.45. The summed E-state index contributed by atoms with van der Waals surface area (Å²) < 4.78 is 21.9. The van der Waals surface area contributed by atoms with Crippen LogP contribution in [-0.2, 0) is 16.1 Å². The fourth-order valence-electron chi connectivity index (χ4n) is 3.22. The smallest absolute Gasteiger partial charge is 0.438 e. The molecule has 30 heavy (non-hydrogen) atoms. The molecule has 8 nitrogen and oxygen atoms in total. The number of fused-ring (bicyclic) bond motifs is 3. The zero-order valence-electron chi connectivity index (χ0n) is 16.8. The molecule has 3 heterocycles. The van der Waals surface area contributed by atoms with Crippen molar-refractivity contribution in [2.45, 2.75) is 26.6 Å². The second-order valence-electron chi connectivity index (χ2n) is 6.86. The van der Waals surface area contributed by atoms with Gasteiger partial charge < -0.3 is 23.9 Å². The number of nitrogens with zero attached hydrogens (tertiary/aromatic N) is 2. The normalized spacial score (nSPS) is 11.2. The van der Waals surface area contributed by atoms with Gasteiger partial charge in [-0.2, -0.15) is 0 Å². The molecule has 0 aliphatic rings. The first kappa shape index (κ1) is 19.7. The molecule has 1 aromatic carbocycles. The maximum absolute atomic E-state index is 12.1. The zero-order chi connectivity index (χ0) is 21.1. The van der Waals surface area contributed by atoms with E-state index >= 15 is 0 Å². The van der Waals surface area contributed by atoms with E-state index in [0.29, 0.717) is 17.2 Å². The molecule has 0 bridgehead atoms. The Morgan fingerprint density at radius 1 is 1.07 bits per heavy atom. The minimum Gasteiger partial charge on any atom is -0.438 e. The third-order valence-corrected chi connectivity index (χ3v) is 4.34. The summed E-state index contributed by atoms with van der Waals surface area (Å²) in [4.78, 5) is 23.9. The van der Waals surface area contributed by atoms with Gasteiger partial charge in [0.1, 0.15) is 5.75 Å². The summed E-state index contributed by atoms with van der Waals surface area (Å²) in [5, 5.41) is 1.61. The number of carbonyl (C=O) groups excluding carboxylic acids is 1. The number of pyridine rings is 2. The number of hydrogen-bond acceptors (Lipinski definition) is 7. The Balaban J connectivity index is 1.87. The molecule has 4 rings (SSSR count). The number of rotatable bonds is 6. The molecule has 0 fully saturated rings. The summed E-state index contributed by atoms with van der Waals surface area (Å²) in [5.41, 5.74) is 2.22. The Kier molecular flexibility index (Phi) is 5.49. The van der Waals surface area contributed by atoms with Crippen LogP contribution in [0, 0.1) is 0 Å². The lowest BCUT2D eigenvalue weighted by Gasteiger charge is -2.12. The molecule has 0 unspecified atom stereocenters. The highest BCUT2D eigenvalue weighted by Gasteiger charge is 2.21. The van der Waals surface area contributed by atoms with Crippen LogP contribution in [0.4, 0.5) is 4.79 Å². The molecule has 8 heteroatoms. The van der Waals surface area contributed by atoms with Crippen molar-refractivity contribution < 1.29 is 23.7 Å². The van der Waals surface area contributed by atoms with E-state index in [1.165, 1.54) is 0 Å². The summed E-state index contributed by atoms with van der Waals surface area (Å²) in [6.07, 6.45) is 2.14. The summed E-state index contributed by atoms with van der Waals surface area (Å²) in [6, 6.07) is 11.1. The van der Waals surface area contributed by atoms with Gasteiger partial charge in [-0.15, -0.1) is 0 Å². The fraction of sp³-hybridized carbons (Fsp3) is 0.227. The topological polar surface area (TPSA) is 95.6 Å². The summed E-state index contributed by atoms with van der Waals surface area (Å²) >= 11 is 0. The number of carbonyl (C=O) groups is 1. The fourth-order valence-corrected chi connectivity index (χ4v) is 3.22. The van der Waals surface area contributed by atoms with Crippen molar-refractivity contribution in [3.63, 3.8) is 0 Å². The number of nitrogens with one attached hydrogen (secondary N) is 1. The van der Waals surface area contributed by atoms with Crippen molar-refractivity contribution in [3.05, 3.63) is 54.4 Å². The second kappa shape index (κ2) is 8.38. The van der Waals surface area contributed by atoms with Gasteiger partial charge >= 0.3 is 6.16 Å². The zero-order valence-corrected chi connectivity index (χ0v) is 16.8. The highest BCUT2D eigenvalue weighted by molar-refractivity contribution is 6.12. The van der Waals surface area contributed by atoms with Gasteiger partial charge in [-0.1, -0.05) is 12.1 Å². The summed E-state index contributed by atoms with van der Waals surface area (Å²) in [7, 11) is 1.56. The average Bonchev–Trinajstić information content (AvgIpc) is 3.10. The van der Waals surface area contributed by atoms with Gasteiger partial charge in [-0.25, -0.2) is 14.8 Å². The van der Waals surface area contributed by atoms with Gasteiger partial charge in [-0.3, -0.25) is 0 Å². The molecule has 1 N–H and O–H groups in total. The van der Waals surface area contributed by atoms with Crippen LogP contribution in [0.15, 0.2) is 48.8 Å². The number of H-pyrrole nitrogens is 1. The Morgan fingerprint density at radius 2 is 1.93 bits per heavy atom. The lowest BCUT2D eigenvalue weighted by atomic mass is 10.1.